The van der Waals surface area contributed by atoms with E-state index in [2.05, 4.69) is 10.3 Å². The first-order valence-electron chi connectivity index (χ1n) is 8.37. The maximum absolute atomic E-state index is 12.3. The molecule has 1 aromatic heterocycles. The van der Waals surface area contributed by atoms with Gasteiger partial charge >= 0.3 is 5.97 Å². The van der Waals surface area contributed by atoms with Gasteiger partial charge in [0.15, 0.2) is 17.2 Å². The van der Waals surface area contributed by atoms with Crippen molar-refractivity contribution in [3.8, 4) is 11.5 Å². The summed E-state index contributed by atoms with van der Waals surface area (Å²) in [7, 11) is 3.00. The first-order valence-corrected chi connectivity index (χ1v) is 8.37. The third kappa shape index (κ3) is 4.95. The fraction of sp³-hybridized carbons (Fsp3) is 0.316. The third-order valence-electron chi connectivity index (χ3n) is 4.08. The van der Waals surface area contributed by atoms with Crippen LogP contribution in [0.3, 0.4) is 0 Å². The van der Waals surface area contributed by atoms with Crippen LogP contribution >= 0.6 is 0 Å². The molecule has 1 heterocycles. The average Bonchev–Trinajstić information content (AvgIpc) is 2.67. The number of benzene rings is 1. The Morgan fingerprint density at radius 3 is 2.48 bits per heavy atom. The quantitative estimate of drug-likeness (QED) is 0.717. The summed E-state index contributed by atoms with van der Waals surface area (Å²) in [6.45, 7) is 3.38. The number of amides is 1. The lowest BCUT2D eigenvalue weighted by atomic mass is 10.1. The fourth-order valence-corrected chi connectivity index (χ4v) is 2.33. The molecule has 2 N–H and O–H groups in total. The number of nitrogens with zero attached hydrogens (tertiary/aromatic N) is 2. The fourth-order valence-electron chi connectivity index (χ4n) is 2.33. The van der Waals surface area contributed by atoms with E-state index in [1.54, 1.807) is 7.05 Å². The van der Waals surface area contributed by atoms with Crippen molar-refractivity contribution in [1.29, 1.82) is 0 Å². The van der Waals surface area contributed by atoms with Crippen molar-refractivity contribution in [3.05, 3.63) is 53.9 Å². The van der Waals surface area contributed by atoms with Crippen LogP contribution in [-0.2, 0) is 9.63 Å². The predicted molar refractivity (Wildman–Crippen MR) is 98.1 cm³/mol. The highest BCUT2D eigenvalue weighted by Crippen LogP contribution is 2.27. The Morgan fingerprint density at radius 1 is 1.19 bits per heavy atom. The molecular formula is C19H23N3O5. The molecule has 2 atom stereocenters. The van der Waals surface area contributed by atoms with Gasteiger partial charge in [-0.2, -0.15) is 0 Å². The zero-order valence-electron chi connectivity index (χ0n) is 15.7. The molecule has 0 spiro atoms. The zero-order valence-corrected chi connectivity index (χ0v) is 15.7. The Labute approximate surface area is 157 Å². The lowest BCUT2D eigenvalue weighted by Gasteiger charge is -2.25. The van der Waals surface area contributed by atoms with Gasteiger partial charge in [0.25, 0.3) is 5.91 Å². The second kappa shape index (κ2) is 9.00. The number of hydroxylamine groups is 2. The molecule has 0 radical (unpaired) electrons. The lowest BCUT2D eigenvalue weighted by Crippen LogP contribution is -2.42. The van der Waals surface area contributed by atoms with Crippen molar-refractivity contribution >= 4 is 11.9 Å². The highest BCUT2D eigenvalue weighted by molar-refractivity contribution is 5.97. The number of pyridine rings is 1. The van der Waals surface area contributed by atoms with Gasteiger partial charge in [-0.15, -0.1) is 5.06 Å². The van der Waals surface area contributed by atoms with Crippen molar-refractivity contribution in [3.63, 3.8) is 0 Å². The summed E-state index contributed by atoms with van der Waals surface area (Å²) < 4.78 is 4.94. The topological polar surface area (TPSA) is 101 Å². The number of aromatic nitrogens is 1. The van der Waals surface area contributed by atoms with Crippen molar-refractivity contribution < 1.29 is 24.3 Å². The van der Waals surface area contributed by atoms with Gasteiger partial charge in [0.1, 0.15) is 6.04 Å². The van der Waals surface area contributed by atoms with Crippen molar-refractivity contribution in [2.24, 2.45) is 0 Å². The van der Waals surface area contributed by atoms with Crippen molar-refractivity contribution in [1.82, 2.24) is 15.4 Å². The van der Waals surface area contributed by atoms with Crippen LogP contribution < -0.4 is 10.1 Å². The largest absolute Gasteiger partial charge is 0.503 e. The van der Waals surface area contributed by atoms with E-state index < -0.39 is 23.7 Å². The van der Waals surface area contributed by atoms with E-state index in [0.29, 0.717) is 0 Å². The Kier molecular flexibility index (Phi) is 6.73. The summed E-state index contributed by atoms with van der Waals surface area (Å²) >= 11 is 0. The number of hydrogen-bond acceptors (Lipinski definition) is 7. The molecule has 27 heavy (non-hydrogen) atoms. The maximum Gasteiger partial charge on any atom is 0.347 e. The first-order chi connectivity index (χ1) is 12.8. The Bertz CT molecular complexity index is 797. The second-order valence-electron chi connectivity index (χ2n) is 5.95. The van der Waals surface area contributed by atoms with Gasteiger partial charge < -0.3 is 20.0 Å². The summed E-state index contributed by atoms with van der Waals surface area (Å²) in [4.78, 5) is 33.7. The molecule has 0 saturated heterocycles. The predicted octanol–water partition coefficient (Wildman–Crippen LogP) is 2.07. The van der Waals surface area contributed by atoms with Crippen LogP contribution in [0.5, 0.6) is 11.5 Å². The number of ether oxygens (including phenoxy) is 1. The summed E-state index contributed by atoms with van der Waals surface area (Å²) in [6, 6.07) is 9.87. The third-order valence-corrected chi connectivity index (χ3v) is 4.08. The van der Waals surface area contributed by atoms with Crippen LogP contribution in [-0.4, -0.2) is 47.2 Å². The molecule has 1 aromatic carbocycles. The Morgan fingerprint density at radius 2 is 1.85 bits per heavy atom. The van der Waals surface area contributed by atoms with Crippen molar-refractivity contribution in [2.75, 3.05) is 14.2 Å². The molecule has 8 nitrogen and oxygen atoms in total. The minimum absolute atomic E-state index is 0.113. The number of nitrogens with one attached hydrogen (secondary N) is 1. The molecule has 8 heteroatoms. The summed E-state index contributed by atoms with van der Waals surface area (Å²) in [5, 5.41) is 13.9. The number of aromatic hydroxyl groups is 1. The molecule has 144 valence electrons. The average molecular weight is 373 g/mol. The second-order valence-corrected chi connectivity index (χ2v) is 5.95. The van der Waals surface area contributed by atoms with E-state index in [0.717, 1.165) is 5.56 Å². The number of carbonyl (C=O) groups excluding carboxylic acids is 2. The van der Waals surface area contributed by atoms with Crippen molar-refractivity contribution in [2.45, 2.75) is 25.9 Å². The molecule has 0 fully saturated rings. The smallest absolute Gasteiger partial charge is 0.347 e. The van der Waals surface area contributed by atoms with Crippen LogP contribution in [0.15, 0.2) is 42.6 Å². The van der Waals surface area contributed by atoms with E-state index in [9.17, 15) is 14.7 Å². The number of rotatable bonds is 7. The lowest BCUT2D eigenvalue weighted by molar-refractivity contribution is -0.195. The highest BCUT2D eigenvalue weighted by atomic mass is 16.7. The van der Waals surface area contributed by atoms with Gasteiger partial charge in [-0.1, -0.05) is 30.3 Å². The van der Waals surface area contributed by atoms with Crippen LogP contribution in [0.1, 0.15) is 35.9 Å². The number of carbonyl (C=O) groups is 2. The van der Waals surface area contributed by atoms with E-state index in [1.165, 1.54) is 31.4 Å². The van der Waals surface area contributed by atoms with Gasteiger partial charge in [-0.3, -0.25) is 4.79 Å². The summed E-state index contributed by atoms with van der Waals surface area (Å²) in [5.74, 6) is -1.64. The van der Waals surface area contributed by atoms with Crippen LogP contribution in [0.25, 0.3) is 0 Å². The molecule has 0 aliphatic rings. The Balaban J connectivity index is 1.98. The molecule has 0 aliphatic carbocycles. The molecule has 2 aromatic rings. The van der Waals surface area contributed by atoms with Crippen LogP contribution in [0.4, 0.5) is 0 Å². The molecule has 0 bridgehead atoms. The highest BCUT2D eigenvalue weighted by Gasteiger charge is 2.25. The minimum Gasteiger partial charge on any atom is -0.503 e. The molecule has 0 saturated carbocycles. The normalized spacial score (nSPS) is 12.9. The summed E-state index contributed by atoms with van der Waals surface area (Å²) in [5.41, 5.74) is 0.745. The minimum atomic E-state index is -0.949. The molecule has 1 unspecified atom stereocenters. The number of hydrogen-bond donors (Lipinski definition) is 2. The summed E-state index contributed by atoms with van der Waals surface area (Å²) in [6.07, 6.45) is 1.33. The molecule has 1 amide bonds. The molecular weight excluding hydrogens is 350 g/mol. The molecule has 2 rings (SSSR count). The van der Waals surface area contributed by atoms with Gasteiger partial charge in [-0.05, 0) is 19.4 Å². The maximum atomic E-state index is 12.3. The van der Waals surface area contributed by atoms with Crippen LogP contribution in [0, 0.1) is 0 Å². The van der Waals surface area contributed by atoms with Gasteiger partial charge in [0, 0.05) is 19.3 Å². The number of methoxy groups -OCH3 is 1. The Hall–Kier alpha value is -3.13. The van der Waals surface area contributed by atoms with E-state index in [-0.39, 0.29) is 17.5 Å². The van der Waals surface area contributed by atoms with Gasteiger partial charge in [-0.25, -0.2) is 9.78 Å². The standard InChI is InChI=1S/C19H23N3O5/c1-12(21-18(24)16-17(23)15(26-4)10-11-20-16)19(25)27-22(3)13(2)14-8-6-5-7-9-14/h5-13,23H,1-4H3,(H,21,24)/t12-,13?/m0/s1. The zero-order chi connectivity index (χ0) is 20.0. The first kappa shape index (κ1) is 20.2. The van der Waals surface area contributed by atoms with E-state index >= 15 is 0 Å². The van der Waals surface area contributed by atoms with E-state index in [4.69, 9.17) is 9.57 Å². The molecule has 0 aliphatic heterocycles. The van der Waals surface area contributed by atoms with Gasteiger partial charge in [0.05, 0.1) is 13.2 Å². The monoisotopic (exact) mass is 373 g/mol. The van der Waals surface area contributed by atoms with Gasteiger partial charge in [0.2, 0.25) is 0 Å². The van der Waals surface area contributed by atoms with E-state index in [1.807, 2.05) is 37.3 Å². The SMILES string of the molecule is COc1ccnc(C(=O)N[C@@H](C)C(=O)ON(C)C(C)c2ccccc2)c1O. The van der Waals surface area contributed by atoms with Crippen LogP contribution in [0.2, 0.25) is 0 Å².